The number of rotatable bonds is 6. The Morgan fingerprint density at radius 3 is 2.35 bits per heavy atom. The van der Waals surface area contributed by atoms with E-state index in [1.54, 1.807) is 11.8 Å². The number of carbonyl (C=O) groups is 1. The molecule has 0 radical (unpaired) electrons. The fraction of sp³-hybridized carbons (Fsp3) is 0.917. The first-order chi connectivity index (χ1) is 9.17. The van der Waals surface area contributed by atoms with Crippen LogP contribution in [0.25, 0.3) is 0 Å². The third kappa shape index (κ3) is 6.60. The topological polar surface area (TPSA) is 66.5 Å². The van der Waals surface area contributed by atoms with Crippen molar-refractivity contribution in [3.05, 3.63) is 0 Å². The summed E-state index contributed by atoms with van der Waals surface area (Å²) in [5.74, 6) is -0.494. The minimum Gasteiger partial charge on any atom is -0.352 e. The van der Waals surface area contributed by atoms with Crippen molar-refractivity contribution >= 4 is 15.7 Å². The lowest BCUT2D eigenvalue weighted by atomic mass is 9.95. The molecule has 1 heterocycles. The van der Waals surface area contributed by atoms with Crippen LogP contribution in [-0.4, -0.2) is 63.3 Å². The lowest BCUT2D eigenvalue weighted by Gasteiger charge is -2.31. The molecule has 1 fully saturated rings. The highest BCUT2D eigenvalue weighted by molar-refractivity contribution is 7.90. The summed E-state index contributed by atoms with van der Waals surface area (Å²) in [5.41, 5.74) is 0. The minimum atomic E-state index is -3.13. The Hall–Kier alpha value is -0.760. The summed E-state index contributed by atoms with van der Waals surface area (Å²) in [4.78, 5) is 13.6. The molecule has 1 atom stereocenters. The van der Waals surface area contributed by atoms with Gasteiger partial charge in [-0.1, -0.05) is 0 Å². The first-order valence-electron chi connectivity index (χ1n) is 6.66. The normalized spacial score (nSPS) is 20.1. The van der Waals surface area contributed by atoms with E-state index in [2.05, 4.69) is 5.32 Å². The van der Waals surface area contributed by atoms with Crippen LogP contribution < -0.4 is 5.32 Å². The van der Waals surface area contributed by atoms with Gasteiger partial charge in [-0.2, -0.15) is 0 Å². The molecule has 118 valence electrons. The van der Waals surface area contributed by atoms with Gasteiger partial charge in [0.1, 0.15) is 9.84 Å². The number of likely N-dealkylation sites (tertiary alicyclic amines) is 1. The van der Waals surface area contributed by atoms with Crippen LogP contribution in [-0.2, 0) is 14.6 Å². The van der Waals surface area contributed by atoms with Crippen LogP contribution in [0, 0.1) is 5.92 Å². The van der Waals surface area contributed by atoms with Crippen LogP contribution in [0.1, 0.15) is 19.8 Å². The summed E-state index contributed by atoms with van der Waals surface area (Å²) in [6, 6.07) is -0.434. The summed E-state index contributed by atoms with van der Waals surface area (Å²) in [6.07, 6.45) is -0.164. The van der Waals surface area contributed by atoms with Gasteiger partial charge in [-0.05, 0) is 32.9 Å². The molecule has 8 heteroatoms. The van der Waals surface area contributed by atoms with Crippen LogP contribution in [0.15, 0.2) is 0 Å². The quantitative estimate of drug-likeness (QED) is 0.776. The van der Waals surface area contributed by atoms with Gasteiger partial charge < -0.3 is 5.32 Å². The lowest BCUT2D eigenvalue weighted by Crippen LogP contribution is -2.45. The zero-order valence-electron chi connectivity index (χ0n) is 11.8. The molecule has 1 unspecified atom stereocenters. The van der Waals surface area contributed by atoms with Gasteiger partial charge in [-0.3, -0.25) is 9.69 Å². The maximum absolute atomic E-state index is 12.2. The summed E-state index contributed by atoms with van der Waals surface area (Å²) in [7, 11) is -3.13. The summed E-state index contributed by atoms with van der Waals surface area (Å²) >= 11 is 0. The van der Waals surface area contributed by atoms with Crippen molar-refractivity contribution in [1.82, 2.24) is 10.2 Å². The van der Waals surface area contributed by atoms with Crippen LogP contribution in [0.2, 0.25) is 0 Å². The molecular formula is C12H22F2N2O3S. The van der Waals surface area contributed by atoms with Gasteiger partial charge in [0, 0.05) is 18.2 Å². The number of carbonyl (C=O) groups excluding carboxylic acids is 1. The maximum Gasteiger partial charge on any atom is 0.251 e. The van der Waals surface area contributed by atoms with Gasteiger partial charge >= 0.3 is 0 Å². The standard InChI is InChI=1S/C12H22F2N2O3S/c1-9(8-20(2,18)19)15-12(17)10-3-5-16(6-4-10)7-11(13)14/h9-11H,3-8H2,1-2H3,(H,15,17). The SMILES string of the molecule is CC(CS(C)(=O)=O)NC(=O)C1CCN(CC(F)F)CC1. The maximum atomic E-state index is 12.2. The summed E-state index contributed by atoms with van der Waals surface area (Å²) < 4.78 is 46.7. The highest BCUT2D eigenvalue weighted by atomic mass is 32.2. The number of hydrogen-bond donors (Lipinski definition) is 1. The number of halogens is 2. The smallest absolute Gasteiger partial charge is 0.251 e. The molecule has 1 amide bonds. The van der Waals surface area contributed by atoms with E-state index in [-0.39, 0.29) is 24.1 Å². The molecule has 1 rings (SSSR count). The molecule has 0 bridgehead atoms. The Morgan fingerprint density at radius 2 is 1.90 bits per heavy atom. The van der Waals surface area contributed by atoms with Gasteiger partial charge in [0.2, 0.25) is 5.91 Å². The monoisotopic (exact) mass is 312 g/mol. The van der Waals surface area contributed by atoms with Gasteiger partial charge in [0.15, 0.2) is 0 Å². The minimum absolute atomic E-state index is 0.0943. The summed E-state index contributed by atoms with van der Waals surface area (Å²) in [6.45, 7) is 2.34. The predicted molar refractivity (Wildman–Crippen MR) is 72.5 cm³/mol. The molecule has 0 aromatic rings. The Kier molecular flexibility index (Phi) is 6.32. The van der Waals surface area contributed by atoms with Gasteiger partial charge in [-0.15, -0.1) is 0 Å². The zero-order valence-corrected chi connectivity index (χ0v) is 12.6. The van der Waals surface area contributed by atoms with E-state index >= 15 is 0 Å². The average Bonchev–Trinajstić information content (AvgIpc) is 2.26. The second-order valence-electron chi connectivity index (χ2n) is 5.47. The van der Waals surface area contributed by atoms with Crippen molar-refractivity contribution in [2.24, 2.45) is 5.92 Å². The largest absolute Gasteiger partial charge is 0.352 e. The van der Waals surface area contributed by atoms with Crippen molar-refractivity contribution in [1.29, 1.82) is 0 Å². The van der Waals surface area contributed by atoms with E-state index in [1.807, 2.05) is 0 Å². The van der Waals surface area contributed by atoms with Gasteiger partial charge in [0.05, 0.1) is 12.3 Å². The molecular weight excluding hydrogens is 290 g/mol. The summed E-state index contributed by atoms with van der Waals surface area (Å²) in [5, 5.41) is 2.68. The molecule has 0 aliphatic carbocycles. The van der Waals surface area contributed by atoms with E-state index in [9.17, 15) is 22.0 Å². The van der Waals surface area contributed by atoms with Crippen LogP contribution in [0.5, 0.6) is 0 Å². The lowest BCUT2D eigenvalue weighted by molar-refractivity contribution is -0.127. The molecule has 0 saturated carbocycles. The number of piperidine rings is 1. The second-order valence-corrected chi connectivity index (χ2v) is 7.65. The predicted octanol–water partition coefficient (Wildman–Crippen LogP) is 0.513. The zero-order chi connectivity index (χ0) is 15.3. The van der Waals surface area contributed by atoms with Crippen LogP contribution >= 0.6 is 0 Å². The van der Waals surface area contributed by atoms with Crippen LogP contribution in [0.4, 0.5) is 8.78 Å². The van der Waals surface area contributed by atoms with Crippen molar-refractivity contribution in [2.45, 2.75) is 32.2 Å². The molecule has 1 aliphatic heterocycles. The molecule has 20 heavy (non-hydrogen) atoms. The first-order valence-corrected chi connectivity index (χ1v) is 8.72. The number of nitrogens with zero attached hydrogens (tertiary/aromatic N) is 1. The molecule has 0 aromatic heterocycles. The molecule has 5 nitrogen and oxygen atoms in total. The third-order valence-corrected chi connectivity index (χ3v) is 4.40. The van der Waals surface area contributed by atoms with E-state index in [0.29, 0.717) is 25.9 Å². The fourth-order valence-electron chi connectivity index (χ4n) is 2.43. The Labute approximate surface area is 118 Å². The molecule has 0 spiro atoms. The first kappa shape index (κ1) is 17.3. The van der Waals surface area contributed by atoms with Gasteiger partial charge in [0.25, 0.3) is 6.43 Å². The van der Waals surface area contributed by atoms with Crippen LogP contribution in [0.3, 0.4) is 0 Å². The number of sulfone groups is 1. The van der Waals surface area contributed by atoms with Gasteiger partial charge in [-0.25, -0.2) is 17.2 Å². The molecule has 1 N–H and O–H groups in total. The second kappa shape index (κ2) is 7.31. The fourth-order valence-corrected chi connectivity index (χ4v) is 3.42. The molecule has 0 aromatic carbocycles. The van der Waals surface area contributed by atoms with Crippen molar-refractivity contribution < 1.29 is 22.0 Å². The number of amides is 1. The van der Waals surface area contributed by atoms with E-state index in [4.69, 9.17) is 0 Å². The van der Waals surface area contributed by atoms with E-state index in [1.165, 1.54) is 0 Å². The average molecular weight is 312 g/mol. The number of alkyl halides is 2. The Morgan fingerprint density at radius 1 is 1.35 bits per heavy atom. The highest BCUT2D eigenvalue weighted by Crippen LogP contribution is 2.18. The molecule has 1 saturated heterocycles. The number of nitrogens with one attached hydrogen (secondary N) is 1. The Balaban J connectivity index is 2.36. The van der Waals surface area contributed by atoms with Crippen molar-refractivity contribution in [2.75, 3.05) is 31.6 Å². The van der Waals surface area contributed by atoms with Crippen molar-refractivity contribution in [3.8, 4) is 0 Å². The van der Waals surface area contributed by atoms with E-state index < -0.39 is 22.3 Å². The number of hydrogen-bond acceptors (Lipinski definition) is 4. The van der Waals surface area contributed by atoms with Crippen molar-refractivity contribution in [3.63, 3.8) is 0 Å². The third-order valence-electron chi connectivity index (χ3n) is 3.30. The van der Waals surface area contributed by atoms with E-state index in [0.717, 1.165) is 6.26 Å². The molecule has 1 aliphatic rings. The Bertz CT molecular complexity index is 420. The highest BCUT2D eigenvalue weighted by Gasteiger charge is 2.27.